The number of ether oxygens (including phenoxy) is 1. The number of carbonyl (C=O) groups excluding carboxylic acids is 2. The van der Waals surface area contributed by atoms with E-state index in [0.29, 0.717) is 18.7 Å². The van der Waals surface area contributed by atoms with E-state index in [1.165, 1.54) is 6.92 Å². The van der Waals surface area contributed by atoms with Gasteiger partial charge in [-0.15, -0.1) is 0 Å². The number of hydrogen-bond acceptors (Lipinski definition) is 4. The molecule has 1 unspecified atom stereocenters. The number of Topliss-reactive ketones (excluding diaryl/α,β-unsaturated/α-hetero) is 1. The molecular weight excluding hydrogens is 268 g/mol. The Hall–Kier alpha value is -2.04. The molecule has 0 fully saturated rings. The smallest absolute Gasteiger partial charge is 0.239 e. The molecule has 5 nitrogen and oxygen atoms in total. The van der Waals surface area contributed by atoms with Crippen LogP contribution in [0.3, 0.4) is 0 Å². The van der Waals surface area contributed by atoms with Crippen LogP contribution < -0.4 is 15.0 Å². The van der Waals surface area contributed by atoms with Gasteiger partial charge in [-0.1, -0.05) is 6.92 Å². The predicted octanol–water partition coefficient (Wildman–Crippen LogP) is 2.00. The normalized spacial score (nSPS) is 16.9. The molecule has 2 rings (SSSR count). The Bertz CT molecular complexity index is 542. The van der Waals surface area contributed by atoms with Crippen molar-refractivity contribution >= 4 is 17.4 Å². The summed E-state index contributed by atoms with van der Waals surface area (Å²) in [6.07, 6.45) is 0.927. The minimum absolute atomic E-state index is 0.00630. The Morgan fingerprint density at radius 3 is 2.86 bits per heavy atom. The zero-order chi connectivity index (χ0) is 15.4. The van der Waals surface area contributed by atoms with E-state index in [4.69, 9.17) is 4.74 Å². The van der Waals surface area contributed by atoms with Crippen molar-refractivity contribution in [2.45, 2.75) is 33.3 Å². The van der Waals surface area contributed by atoms with Crippen LogP contribution in [0, 0.1) is 0 Å². The molecule has 1 N–H and O–H groups in total. The Kier molecular flexibility index (Phi) is 4.83. The van der Waals surface area contributed by atoms with Gasteiger partial charge in [-0.3, -0.25) is 9.59 Å². The third kappa shape index (κ3) is 3.74. The van der Waals surface area contributed by atoms with Crippen molar-refractivity contribution in [1.29, 1.82) is 0 Å². The quantitative estimate of drug-likeness (QED) is 0.843. The highest BCUT2D eigenvalue weighted by atomic mass is 16.5. The van der Waals surface area contributed by atoms with Crippen molar-refractivity contribution < 1.29 is 14.3 Å². The molecule has 0 radical (unpaired) electrons. The molecule has 0 spiro atoms. The summed E-state index contributed by atoms with van der Waals surface area (Å²) in [5, 5.41) is 2.87. The van der Waals surface area contributed by atoms with E-state index in [2.05, 4.69) is 5.32 Å². The number of hydrogen-bond donors (Lipinski definition) is 1. The van der Waals surface area contributed by atoms with Gasteiger partial charge in [0.2, 0.25) is 5.91 Å². The summed E-state index contributed by atoms with van der Waals surface area (Å²) >= 11 is 0. The van der Waals surface area contributed by atoms with E-state index in [9.17, 15) is 9.59 Å². The van der Waals surface area contributed by atoms with Crippen molar-refractivity contribution in [1.82, 2.24) is 5.32 Å². The first-order valence-corrected chi connectivity index (χ1v) is 7.34. The standard InChI is InChI=1S/C16H22N2O3/c1-4-7-17-16(20)10-18-9-11(2)21-15-6-5-13(12(3)19)8-14(15)18/h5-6,8,11H,4,7,9-10H2,1-3H3,(H,17,20). The van der Waals surface area contributed by atoms with Gasteiger partial charge in [-0.25, -0.2) is 0 Å². The molecule has 0 saturated carbocycles. The van der Waals surface area contributed by atoms with Gasteiger partial charge in [0, 0.05) is 12.1 Å². The van der Waals surface area contributed by atoms with E-state index in [0.717, 1.165) is 17.9 Å². The first kappa shape index (κ1) is 15.4. The van der Waals surface area contributed by atoms with Crippen molar-refractivity contribution in [3.63, 3.8) is 0 Å². The van der Waals surface area contributed by atoms with Crippen LogP contribution in [-0.2, 0) is 4.79 Å². The second kappa shape index (κ2) is 6.61. The number of ketones is 1. The SMILES string of the molecule is CCCNC(=O)CN1CC(C)Oc2ccc(C(C)=O)cc21. The molecule has 114 valence electrons. The van der Waals surface area contributed by atoms with Crippen LogP contribution >= 0.6 is 0 Å². The molecule has 1 aliphatic heterocycles. The lowest BCUT2D eigenvalue weighted by atomic mass is 10.1. The van der Waals surface area contributed by atoms with Crippen LogP contribution in [0.4, 0.5) is 5.69 Å². The summed E-state index contributed by atoms with van der Waals surface area (Å²) in [6.45, 7) is 7.12. The van der Waals surface area contributed by atoms with Gasteiger partial charge in [0.15, 0.2) is 5.78 Å². The molecule has 1 atom stereocenters. The van der Waals surface area contributed by atoms with Gasteiger partial charge >= 0.3 is 0 Å². The van der Waals surface area contributed by atoms with Crippen molar-refractivity contribution in [2.24, 2.45) is 0 Å². The van der Waals surface area contributed by atoms with E-state index in [1.807, 2.05) is 18.7 Å². The molecule has 0 aromatic heterocycles. The van der Waals surface area contributed by atoms with Crippen LogP contribution in [0.25, 0.3) is 0 Å². The monoisotopic (exact) mass is 290 g/mol. The molecular formula is C16H22N2O3. The zero-order valence-corrected chi connectivity index (χ0v) is 12.8. The van der Waals surface area contributed by atoms with Crippen molar-refractivity contribution in [3.05, 3.63) is 23.8 Å². The van der Waals surface area contributed by atoms with Crippen LogP contribution in [0.15, 0.2) is 18.2 Å². The summed E-state index contributed by atoms with van der Waals surface area (Å²) in [6, 6.07) is 5.36. The summed E-state index contributed by atoms with van der Waals surface area (Å²) in [4.78, 5) is 25.4. The second-order valence-electron chi connectivity index (χ2n) is 5.40. The maximum Gasteiger partial charge on any atom is 0.239 e. The molecule has 1 aromatic carbocycles. The van der Waals surface area contributed by atoms with Crippen LogP contribution in [-0.4, -0.2) is 37.4 Å². The maximum absolute atomic E-state index is 11.9. The van der Waals surface area contributed by atoms with Crippen molar-refractivity contribution in [2.75, 3.05) is 24.5 Å². The second-order valence-corrected chi connectivity index (χ2v) is 5.40. The van der Waals surface area contributed by atoms with Gasteiger partial charge in [-0.2, -0.15) is 0 Å². The molecule has 5 heteroatoms. The largest absolute Gasteiger partial charge is 0.487 e. The van der Waals surface area contributed by atoms with Crippen LogP contribution in [0.5, 0.6) is 5.75 Å². The number of nitrogens with zero attached hydrogens (tertiary/aromatic N) is 1. The lowest BCUT2D eigenvalue weighted by molar-refractivity contribution is -0.119. The lowest BCUT2D eigenvalue weighted by Crippen LogP contribution is -2.44. The van der Waals surface area contributed by atoms with E-state index in [1.54, 1.807) is 18.2 Å². The Labute approximate surface area is 125 Å². The molecule has 0 aliphatic carbocycles. The summed E-state index contributed by atoms with van der Waals surface area (Å²) in [5.74, 6) is 0.721. The number of benzene rings is 1. The molecule has 0 bridgehead atoms. The minimum Gasteiger partial charge on any atom is -0.487 e. The van der Waals surface area contributed by atoms with Gasteiger partial charge in [0.1, 0.15) is 11.9 Å². The van der Waals surface area contributed by atoms with Gasteiger partial charge < -0.3 is 15.0 Å². The number of carbonyl (C=O) groups is 2. The highest BCUT2D eigenvalue weighted by molar-refractivity contribution is 5.96. The lowest BCUT2D eigenvalue weighted by Gasteiger charge is -2.34. The minimum atomic E-state index is -0.00914. The fourth-order valence-corrected chi connectivity index (χ4v) is 2.39. The molecule has 1 amide bonds. The molecule has 1 heterocycles. The van der Waals surface area contributed by atoms with E-state index >= 15 is 0 Å². The van der Waals surface area contributed by atoms with Crippen molar-refractivity contribution in [3.8, 4) is 5.75 Å². The number of nitrogens with one attached hydrogen (secondary N) is 1. The first-order chi connectivity index (χ1) is 10.0. The predicted molar refractivity (Wildman–Crippen MR) is 82.1 cm³/mol. The summed E-state index contributed by atoms with van der Waals surface area (Å²) in [5.41, 5.74) is 1.44. The van der Waals surface area contributed by atoms with Gasteiger partial charge in [-0.05, 0) is 38.5 Å². The third-order valence-corrected chi connectivity index (χ3v) is 3.42. The highest BCUT2D eigenvalue weighted by Crippen LogP contribution is 2.34. The molecule has 0 saturated heterocycles. The number of anilines is 1. The molecule has 1 aromatic rings. The Morgan fingerprint density at radius 2 is 2.19 bits per heavy atom. The van der Waals surface area contributed by atoms with Crippen LogP contribution in [0.2, 0.25) is 0 Å². The zero-order valence-electron chi connectivity index (χ0n) is 12.8. The third-order valence-electron chi connectivity index (χ3n) is 3.42. The highest BCUT2D eigenvalue weighted by Gasteiger charge is 2.25. The maximum atomic E-state index is 11.9. The van der Waals surface area contributed by atoms with Gasteiger partial charge in [0.05, 0.1) is 18.8 Å². The Balaban J connectivity index is 2.21. The topological polar surface area (TPSA) is 58.6 Å². The summed E-state index contributed by atoms with van der Waals surface area (Å²) in [7, 11) is 0. The first-order valence-electron chi connectivity index (χ1n) is 7.34. The fourth-order valence-electron chi connectivity index (χ4n) is 2.39. The number of fused-ring (bicyclic) bond motifs is 1. The fraction of sp³-hybridized carbons (Fsp3) is 0.500. The average molecular weight is 290 g/mol. The average Bonchev–Trinajstić information content (AvgIpc) is 2.44. The molecule has 21 heavy (non-hydrogen) atoms. The van der Waals surface area contributed by atoms with E-state index in [-0.39, 0.29) is 24.3 Å². The van der Waals surface area contributed by atoms with E-state index < -0.39 is 0 Å². The molecule has 1 aliphatic rings. The van der Waals surface area contributed by atoms with Crippen LogP contribution in [0.1, 0.15) is 37.6 Å². The summed E-state index contributed by atoms with van der Waals surface area (Å²) < 4.78 is 5.77. The number of amides is 1. The number of rotatable bonds is 5. The van der Waals surface area contributed by atoms with Gasteiger partial charge in [0.25, 0.3) is 0 Å². The Morgan fingerprint density at radius 1 is 1.43 bits per heavy atom.